The number of hydrogen-bond acceptors (Lipinski definition) is 6. The molecule has 0 radical (unpaired) electrons. The quantitative estimate of drug-likeness (QED) is 0.735. The van der Waals surface area contributed by atoms with Crippen LogP contribution in [0.1, 0.15) is 18.5 Å². The molecule has 0 saturated carbocycles. The zero-order chi connectivity index (χ0) is 17.1. The molecule has 1 unspecified atom stereocenters. The highest BCUT2D eigenvalue weighted by Gasteiger charge is 2.16. The molecule has 0 spiro atoms. The molecule has 1 N–H and O–H groups in total. The van der Waals surface area contributed by atoms with E-state index in [1.807, 2.05) is 6.20 Å². The maximum atomic E-state index is 13.7. The number of halogens is 1. The predicted octanol–water partition coefficient (Wildman–Crippen LogP) is 1.79. The van der Waals surface area contributed by atoms with Gasteiger partial charge in [0.2, 0.25) is 0 Å². The van der Waals surface area contributed by atoms with Gasteiger partial charge in [-0.05, 0) is 25.0 Å². The topological polar surface area (TPSA) is 82.7 Å². The van der Waals surface area contributed by atoms with Crippen LogP contribution < -0.4 is 5.32 Å². The van der Waals surface area contributed by atoms with Gasteiger partial charge in [-0.1, -0.05) is 5.21 Å². The van der Waals surface area contributed by atoms with E-state index in [0.29, 0.717) is 12.4 Å². The van der Waals surface area contributed by atoms with Gasteiger partial charge >= 0.3 is 0 Å². The molecule has 130 valence electrons. The second-order valence-corrected chi connectivity index (χ2v) is 5.87. The monoisotopic (exact) mass is 343 g/mol. The van der Waals surface area contributed by atoms with E-state index in [2.05, 4.69) is 25.7 Å². The van der Waals surface area contributed by atoms with Gasteiger partial charge in [0.25, 0.3) is 0 Å². The Balaban J connectivity index is 1.36. The SMILES string of the molecule is Fc1cccnc1-n1ccc(NCc2cn(CC3CCCO3)nn2)n1. The lowest BCUT2D eigenvalue weighted by atomic mass is 10.2. The molecule has 8 nitrogen and oxygen atoms in total. The molecule has 1 fully saturated rings. The van der Waals surface area contributed by atoms with Crippen LogP contribution in [0, 0.1) is 5.82 Å². The van der Waals surface area contributed by atoms with Gasteiger partial charge in [-0.25, -0.2) is 18.7 Å². The van der Waals surface area contributed by atoms with Gasteiger partial charge in [0.15, 0.2) is 11.6 Å². The lowest BCUT2D eigenvalue weighted by Crippen LogP contribution is -2.15. The summed E-state index contributed by atoms with van der Waals surface area (Å²) in [5.41, 5.74) is 0.802. The van der Waals surface area contributed by atoms with Crippen LogP contribution in [0.5, 0.6) is 0 Å². The number of pyridine rings is 1. The van der Waals surface area contributed by atoms with Gasteiger partial charge in [-0.15, -0.1) is 10.2 Å². The standard InChI is InChI=1S/C16H18FN7O/c17-14-4-1-6-18-16(14)24-7-5-15(21-24)19-9-12-10-23(22-20-12)11-13-3-2-8-25-13/h1,4-7,10,13H,2-3,8-9,11H2,(H,19,21). The van der Waals surface area contributed by atoms with Crippen LogP contribution in [-0.2, 0) is 17.8 Å². The fourth-order valence-electron chi connectivity index (χ4n) is 2.77. The average Bonchev–Trinajstić information content (AvgIpc) is 3.36. The molecule has 0 aliphatic carbocycles. The second-order valence-electron chi connectivity index (χ2n) is 5.87. The summed E-state index contributed by atoms with van der Waals surface area (Å²) in [5, 5.41) is 15.7. The van der Waals surface area contributed by atoms with E-state index >= 15 is 0 Å². The van der Waals surface area contributed by atoms with Gasteiger partial charge < -0.3 is 10.1 Å². The molecular weight excluding hydrogens is 325 g/mol. The van der Waals surface area contributed by atoms with Crippen molar-refractivity contribution in [3.8, 4) is 5.82 Å². The van der Waals surface area contributed by atoms with Crippen LogP contribution >= 0.6 is 0 Å². The first-order valence-electron chi connectivity index (χ1n) is 8.19. The Morgan fingerprint density at radius 2 is 2.32 bits per heavy atom. The van der Waals surface area contributed by atoms with Gasteiger partial charge in [0, 0.05) is 25.1 Å². The van der Waals surface area contributed by atoms with Gasteiger partial charge in [0.1, 0.15) is 11.5 Å². The number of nitrogens with one attached hydrogen (secondary N) is 1. The first-order chi connectivity index (χ1) is 12.3. The van der Waals surface area contributed by atoms with E-state index in [0.717, 1.165) is 31.7 Å². The van der Waals surface area contributed by atoms with Crippen LogP contribution in [0.3, 0.4) is 0 Å². The predicted molar refractivity (Wildman–Crippen MR) is 87.6 cm³/mol. The second kappa shape index (κ2) is 6.98. The van der Waals surface area contributed by atoms with Crippen molar-refractivity contribution in [2.24, 2.45) is 0 Å². The molecular formula is C16H18FN7O. The minimum absolute atomic E-state index is 0.165. The summed E-state index contributed by atoms with van der Waals surface area (Å²) in [7, 11) is 0. The third kappa shape index (κ3) is 3.66. The highest BCUT2D eigenvalue weighted by molar-refractivity contribution is 5.35. The Morgan fingerprint density at radius 1 is 1.36 bits per heavy atom. The van der Waals surface area contributed by atoms with Crippen molar-refractivity contribution in [3.05, 3.63) is 48.3 Å². The smallest absolute Gasteiger partial charge is 0.189 e. The molecule has 3 aromatic heterocycles. The normalized spacial score (nSPS) is 17.1. The van der Waals surface area contributed by atoms with Crippen LogP contribution in [0.15, 0.2) is 36.8 Å². The highest BCUT2D eigenvalue weighted by Crippen LogP contribution is 2.14. The summed E-state index contributed by atoms with van der Waals surface area (Å²) >= 11 is 0. The third-order valence-electron chi connectivity index (χ3n) is 4.00. The average molecular weight is 343 g/mol. The minimum atomic E-state index is -0.422. The van der Waals surface area contributed by atoms with Crippen molar-refractivity contribution < 1.29 is 9.13 Å². The lowest BCUT2D eigenvalue weighted by molar-refractivity contribution is 0.0935. The fraction of sp³-hybridized carbons (Fsp3) is 0.375. The minimum Gasteiger partial charge on any atom is -0.376 e. The number of rotatable bonds is 6. The number of nitrogens with zero attached hydrogens (tertiary/aromatic N) is 6. The summed E-state index contributed by atoms with van der Waals surface area (Å²) in [4.78, 5) is 3.99. The molecule has 0 bridgehead atoms. The van der Waals surface area contributed by atoms with Crippen LogP contribution in [0.25, 0.3) is 5.82 Å². The number of ether oxygens (including phenoxy) is 1. The van der Waals surface area contributed by atoms with Crippen molar-refractivity contribution in [1.29, 1.82) is 0 Å². The lowest BCUT2D eigenvalue weighted by Gasteiger charge is -2.07. The molecule has 0 aromatic carbocycles. The van der Waals surface area contributed by atoms with E-state index in [1.54, 1.807) is 23.0 Å². The molecule has 1 aliphatic heterocycles. The Labute approximate surface area is 143 Å². The third-order valence-corrected chi connectivity index (χ3v) is 4.00. The number of aromatic nitrogens is 6. The fourth-order valence-corrected chi connectivity index (χ4v) is 2.77. The zero-order valence-electron chi connectivity index (χ0n) is 13.5. The van der Waals surface area contributed by atoms with Gasteiger partial charge in [-0.3, -0.25) is 0 Å². The van der Waals surface area contributed by atoms with Crippen molar-refractivity contribution in [3.63, 3.8) is 0 Å². The molecule has 1 saturated heterocycles. The summed E-state index contributed by atoms with van der Waals surface area (Å²) in [6, 6.07) is 4.65. The molecule has 0 amide bonds. The van der Waals surface area contributed by atoms with E-state index in [1.165, 1.54) is 16.9 Å². The van der Waals surface area contributed by atoms with E-state index in [9.17, 15) is 4.39 Å². The van der Waals surface area contributed by atoms with Crippen molar-refractivity contribution in [2.45, 2.75) is 32.0 Å². The Morgan fingerprint density at radius 3 is 3.16 bits per heavy atom. The zero-order valence-corrected chi connectivity index (χ0v) is 13.5. The van der Waals surface area contributed by atoms with Crippen molar-refractivity contribution >= 4 is 5.82 Å². The van der Waals surface area contributed by atoms with Crippen LogP contribution in [0.4, 0.5) is 10.2 Å². The van der Waals surface area contributed by atoms with E-state index in [4.69, 9.17) is 4.74 Å². The summed E-state index contributed by atoms with van der Waals surface area (Å²) in [6.45, 7) is 2.03. The Kier molecular flexibility index (Phi) is 4.38. The first kappa shape index (κ1) is 15.7. The number of anilines is 1. The summed E-state index contributed by atoms with van der Waals surface area (Å²) < 4.78 is 22.5. The largest absolute Gasteiger partial charge is 0.376 e. The molecule has 25 heavy (non-hydrogen) atoms. The Hall–Kier alpha value is -2.81. The molecule has 4 heterocycles. The maximum Gasteiger partial charge on any atom is 0.189 e. The molecule has 4 rings (SSSR count). The molecule has 1 aliphatic rings. The van der Waals surface area contributed by atoms with Crippen molar-refractivity contribution in [2.75, 3.05) is 11.9 Å². The van der Waals surface area contributed by atoms with E-state index < -0.39 is 5.82 Å². The highest BCUT2D eigenvalue weighted by atomic mass is 19.1. The number of hydrogen-bond donors (Lipinski definition) is 1. The van der Waals surface area contributed by atoms with Gasteiger partial charge in [-0.2, -0.15) is 0 Å². The summed E-state index contributed by atoms with van der Waals surface area (Å²) in [5.74, 6) is 0.353. The molecule has 3 aromatic rings. The molecule has 1 atom stereocenters. The molecule has 9 heteroatoms. The van der Waals surface area contributed by atoms with Crippen LogP contribution in [-0.4, -0.2) is 42.5 Å². The maximum absolute atomic E-state index is 13.7. The van der Waals surface area contributed by atoms with Gasteiger partial charge in [0.05, 0.1) is 25.4 Å². The Bertz CT molecular complexity index is 840. The van der Waals surface area contributed by atoms with Crippen LogP contribution in [0.2, 0.25) is 0 Å². The summed E-state index contributed by atoms with van der Waals surface area (Å²) in [6.07, 6.45) is 7.47. The van der Waals surface area contributed by atoms with E-state index in [-0.39, 0.29) is 11.9 Å². The first-order valence-corrected chi connectivity index (χ1v) is 8.19. The van der Waals surface area contributed by atoms with Crippen molar-refractivity contribution in [1.82, 2.24) is 29.8 Å².